The number of aromatic nitrogens is 1. The minimum atomic E-state index is -2.77. The highest BCUT2D eigenvalue weighted by molar-refractivity contribution is 9.08. The van der Waals surface area contributed by atoms with E-state index in [4.69, 9.17) is 10.4 Å². The molecule has 0 amide bonds. The van der Waals surface area contributed by atoms with Gasteiger partial charge in [-0.25, -0.2) is 13.8 Å². The monoisotopic (exact) mass is 304 g/mol. The maximum Gasteiger partial charge on any atom is 0.309 e. The summed E-state index contributed by atoms with van der Waals surface area (Å²) in [6.07, 6.45) is -3.26. The summed E-state index contributed by atoms with van der Waals surface area (Å²) in [5.41, 5.74) is -0.480. The van der Waals surface area contributed by atoms with Gasteiger partial charge in [0.25, 0.3) is 6.43 Å². The third-order valence-electron chi connectivity index (χ3n) is 2.02. The summed E-state index contributed by atoms with van der Waals surface area (Å²) in [7, 11) is 0. The third-order valence-corrected chi connectivity index (χ3v) is 2.58. The van der Waals surface area contributed by atoms with E-state index >= 15 is 0 Å². The van der Waals surface area contributed by atoms with Crippen molar-refractivity contribution in [3.05, 3.63) is 28.6 Å². The molecule has 1 rings (SSSR count). The van der Waals surface area contributed by atoms with Gasteiger partial charge in [-0.2, -0.15) is 5.26 Å². The van der Waals surface area contributed by atoms with Crippen molar-refractivity contribution >= 4 is 21.9 Å². The first-order chi connectivity index (χ1) is 7.99. The predicted molar refractivity (Wildman–Crippen MR) is 57.9 cm³/mol. The number of alkyl halides is 3. The van der Waals surface area contributed by atoms with E-state index in [0.29, 0.717) is 0 Å². The topological polar surface area (TPSA) is 74.0 Å². The first-order valence-electron chi connectivity index (χ1n) is 4.48. The van der Waals surface area contributed by atoms with Crippen LogP contribution < -0.4 is 0 Å². The number of hydrogen-bond donors (Lipinski definition) is 1. The van der Waals surface area contributed by atoms with Gasteiger partial charge < -0.3 is 5.11 Å². The van der Waals surface area contributed by atoms with Gasteiger partial charge in [0.1, 0.15) is 11.8 Å². The molecule has 1 N–H and O–H groups in total. The molecule has 1 heterocycles. The fraction of sp³-hybridized carbons (Fsp3) is 0.300. The Bertz CT molecular complexity index is 486. The second-order valence-electron chi connectivity index (χ2n) is 3.15. The van der Waals surface area contributed by atoms with E-state index in [2.05, 4.69) is 20.9 Å². The molecule has 0 unspecified atom stereocenters. The molecule has 0 radical (unpaired) electrons. The van der Waals surface area contributed by atoms with Crippen molar-refractivity contribution in [2.45, 2.75) is 18.2 Å². The van der Waals surface area contributed by atoms with Crippen LogP contribution in [0, 0.1) is 11.3 Å². The first kappa shape index (κ1) is 13.5. The van der Waals surface area contributed by atoms with E-state index in [1.165, 1.54) is 0 Å². The summed E-state index contributed by atoms with van der Waals surface area (Å²) in [5.74, 6) is -1.19. The maximum atomic E-state index is 12.7. The summed E-state index contributed by atoms with van der Waals surface area (Å²) in [4.78, 5) is 14.2. The lowest BCUT2D eigenvalue weighted by Gasteiger charge is -2.09. The highest BCUT2D eigenvalue weighted by Crippen LogP contribution is 2.27. The SMILES string of the molecule is N#Cc1nc(CC(=O)O)cc(C(F)F)c1CBr. The second kappa shape index (κ2) is 5.68. The van der Waals surface area contributed by atoms with E-state index in [1.807, 2.05) is 0 Å². The van der Waals surface area contributed by atoms with Crippen LogP contribution in [0.1, 0.15) is 28.9 Å². The average molecular weight is 305 g/mol. The zero-order valence-electron chi connectivity index (χ0n) is 8.45. The Kier molecular flexibility index (Phi) is 4.52. The quantitative estimate of drug-likeness (QED) is 0.867. The smallest absolute Gasteiger partial charge is 0.309 e. The van der Waals surface area contributed by atoms with E-state index in [1.54, 1.807) is 6.07 Å². The number of halogens is 3. The molecule has 0 aliphatic carbocycles. The number of carbonyl (C=O) groups is 1. The number of nitrogens with zero attached hydrogens (tertiary/aromatic N) is 2. The Labute approximate surface area is 104 Å². The summed E-state index contributed by atoms with van der Waals surface area (Å²) in [5, 5.41) is 17.4. The van der Waals surface area contributed by atoms with Crippen molar-refractivity contribution in [1.82, 2.24) is 4.98 Å². The van der Waals surface area contributed by atoms with E-state index in [0.717, 1.165) is 6.07 Å². The number of hydrogen-bond acceptors (Lipinski definition) is 3. The lowest BCUT2D eigenvalue weighted by Crippen LogP contribution is -2.07. The molecule has 90 valence electrons. The number of pyridine rings is 1. The Morgan fingerprint density at radius 1 is 1.65 bits per heavy atom. The molecule has 0 spiro atoms. The van der Waals surface area contributed by atoms with Gasteiger partial charge in [0.2, 0.25) is 0 Å². The largest absolute Gasteiger partial charge is 0.481 e. The summed E-state index contributed by atoms with van der Waals surface area (Å²) in [6.45, 7) is 0. The van der Waals surface area contributed by atoms with Crippen molar-refractivity contribution in [3.63, 3.8) is 0 Å². The zero-order valence-corrected chi connectivity index (χ0v) is 10.0. The molecule has 0 fully saturated rings. The zero-order chi connectivity index (χ0) is 13.0. The fourth-order valence-electron chi connectivity index (χ4n) is 1.32. The minimum Gasteiger partial charge on any atom is -0.481 e. The number of carboxylic acids is 1. The molecule has 17 heavy (non-hydrogen) atoms. The molecule has 0 aliphatic heterocycles. The van der Waals surface area contributed by atoms with Crippen LogP contribution in [0.15, 0.2) is 6.07 Å². The van der Waals surface area contributed by atoms with Gasteiger partial charge in [0, 0.05) is 16.5 Å². The predicted octanol–water partition coefficient (Wildman–Crippen LogP) is 2.41. The van der Waals surface area contributed by atoms with Crippen molar-refractivity contribution in [3.8, 4) is 6.07 Å². The Morgan fingerprint density at radius 3 is 2.71 bits per heavy atom. The van der Waals surface area contributed by atoms with Crippen LogP contribution in [0.5, 0.6) is 0 Å². The molecule has 0 saturated carbocycles. The summed E-state index contributed by atoms with van der Waals surface area (Å²) in [6, 6.07) is 2.71. The minimum absolute atomic E-state index is 0.0472. The molecular weight excluding hydrogens is 298 g/mol. The Morgan fingerprint density at radius 2 is 2.29 bits per heavy atom. The molecule has 0 aliphatic rings. The molecule has 0 bridgehead atoms. The van der Waals surface area contributed by atoms with Crippen LogP contribution in [-0.2, 0) is 16.5 Å². The maximum absolute atomic E-state index is 12.7. The number of carboxylic acid groups (broad SMARTS) is 1. The first-order valence-corrected chi connectivity index (χ1v) is 5.60. The van der Waals surface area contributed by atoms with Gasteiger partial charge in [-0.3, -0.25) is 4.79 Å². The standard InChI is InChI=1S/C10H7BrF2N2O2/c11-3-7-6(10(12)13)1-5(2-9(16)17)15-8(7)4-14/h1,10H,2-3H2,(H,16,17). The third kappa shape index (κ3) is 3.20. The lowest BCUT2D eigenvalue weighted by molar-refractivity contribution is -0.136. The van der Waals surface area contributed by atoms with Crippen LogP contribution in [0.2, 0.25) is 0 Å². The van der Waals surface area contributed by atoms with Gasteiger partial charge >= 0.3 is 5.97 Å². The normalized spacial score (nSPS) is 10.3. The second-order valence-corrected chi connectivity index (χ2v) is 3.71. The molecule has 1 aromatic rings. The number of nitriles is 1. The Hall–Kier alpha value is -1.55. The molecule has 0 aromatic carbocycles. The average Bonchev–Trinajstić information content (AvgIpc) is 2.26. The molecule has 7 heteroatoms. The van der Waals surface area contributed by atoms with Gasteiger partial charge in [0.05, 0.1) is 12.1 Å². The van der Waals surface area contributed by atoms with Crippen LogP contribution >= 0.6 is 15.9 Å². The van der Waals surface area contributed by atoms with Crippen LogP contribution in [-0.4, -0.2) is 16.1 Å². The highest BCUT2D eigenvalue weighted by Gasteiger charge is 2.19. The van der Waals surface area contributed by atoms with Crippen molar-refractivity contribution in [1.29, 1.82) is 5.26 Å². The Balaban J connectivity index is 3.36. The van der Waals surface area contributed by atoms with E-state index in [-0.39, 0.29) is 27.8 Å². The molecule has 0 atom stereocenters. The highest BCUT2D eigenvalue weighted by atomic mass is 79.9. The van der Waals surface area contributed by atoms with Gasteiger partial charge in [-0.15, -0.1) is 0 Å². The van der Waals surface area contributed by atoms with Crippen LogP contribution in [0.25, 0.3) is 0 Å². The van der Waals surface area contributed by atoms with Gasteiger partial charge in [0.15, 0.2) is 0 Å². The van der Waals surface area contributed by atoms with Crippen LogP contribution in [0.3, 0.4) is 0 Å². The van der Waals surface area contributed by atoms with E-state index < -0.39 is 18.8 Å². The van der Waals surface area contributed by atoms with Crippen molar-refractivity contribution < 1.29 is 18.7 Å². The molecule has 4 nitrogen and oxygen atoms in total. The van der Waals surface area contributed by atoms with Gasteiger partial charge in [-0.1, -0.05) is 15.9 Å². The van der Waals surface area contributed by atoms with Crippen molar-refractivity contribution in [2.24, 2.45) is 0 Å². The van der Waals surface area contributed by atoms with E-state index in [9.17, 15) is 13.6 Å². The summed E-state index contributed by atoms with van der Waals surface area (Å²) < 4.78 is 25.5. The van der Waals surface area contributed by atoms with Gasteiger partial charge in [-0.05, 0) is 6.07 Å². The lowest BCUT2D eigenvalue weighted by atomic mass is 10.1. The van der Waals surface area contributed by atoms with Crippen molar-refractivity contribution in [2.75, 3.05) is 0 Å². The molecule has 1 aromatic heterocycles. The number of rotatable bonds is 4. The molecule has 0 saturated heterocycles. The molecular formula is C10H7BrF2N2O2. The number of aliphatic carboxylic acids is 1. The van der Waals surface area contributed by atoms with Crippen LogP contribution in [0.4, 0.5) is 8.78 Å². The fourth-order valence-corrected chi connectivity index (χ4v) is 1.91. The summed E-state index contributed by atoms with van der Waals surface area (Å²) >= 11 is 3.00.